The van der Waals surface area contributed by atoms with Crippen LogP contribution in [0.15, 0.2) is 36.7 Å². The van der Waals surface area contributed by atoms with Crippen molar-refractivity contribution in [3.63, 3.8) is 0 Å². The Morgan fingerprint density at radius 3 is 2.56 bits per heavy atom. The Hall–Kier alpha value is -2.62. The maximum atomic E-state index is 12.6. The zero-order valence-corrected chi connectivity index (χ0v) is 26.5. The third-order valence-electron chi connectivity index (χ3n) is 10.4. The minimum atomic E-state index is 0.396. The lowest BCUT2D eigenvalue weighted by Crippen LogP contribution is -2.14. The highest BCUT2D eigenvalue weighted by Crippen LogP contribution is 2.33. The highest BCUT2D eigenvalue weighted by molar-refractivity contribution is 5.79. The van der Waals surface area contributed by atoms with Crippen molar-refractivity contribution in [2.45, 2.75) is 147 Å². The summed E-state index contributed by atoms with van der Waals surface area (Å²) in [6.07, 6.45) is 30.4. The van der Waals surface area contributed by atoms with E-state index < -0.39 is 0 Å². The maximum absolute atomic E-state index is 12.6. The SMILES string of the molecule is O=C(CCCCc1cccc(C2CCCCC(=O)C2)c1)CCCC1CCCC(Cc2ncnc3c2C=CCCC3)CCC1. The second-order valence-electron chi connectivity index (χ2n) is 13.8. The number of hydrogen-bond donors (Lipinski definition) is 0. The van der Waals surface area contributed by atoms with Crippen LogP contribution < -0.4 is 0 Å². The topological polar surface area (TPSA) is 59.9 Å². The monoisotopic (exact) mass is 582 g/mol. The van der Waals surface area contributed by atoms with Crippen molar-refractivity contribution in [1.82, 2.24) is 9.97 Å². The molecule has 0 saturated heterocycles. The zero-order valence-electron chi connectivity index (χ0n) is 26.5. The van der Waals surface area contributed by atoms with Crippen LogP contribution in [0.3, 0.4) is 0 Å². The zero-order chi connectivity index (χ0) is 29.7. The summed E-state index contributed by atoms with van der Waals surface area (Å²) in [6, 6.07) is 8.89. The number of benzene rings is 1. The standard InChI is InChI=1S/C39H54N2O2/c42-35(21-6-4-12-31-18-10-20-33(26-31)34-19-5-7-22-36(43)28-34)23-11-15-30-13-8-16-32(17-9-14-30)27-39-37-24-2-1-3-25-38(37)40-29-41-39/h2,10,18,20,24,26,29-30,32,34H,1,3-9,11-17,19,21-23,25,27-28H2. The predicted octanol–water partition coefficient (Wildman–Crippen LogP) is 9.72. The van der Waals surface area contributed by atoms with E-state index in [9.17, 15) is 9.59 Å². The molecular weight excluding hydrogens is 528 g/mol. The van der Waals surface area contributed by atoms with Crippen LogP contribution in [-0.4, -0.2) is 21.5 Å². The fraction of sp³-hybridized carbons (Fsp3) is 0.641. The average Bonchev–Trinajstić information content (AvgIpc) is 3.38. The average molecular weight is 583 g/mol. The molecule has 0 amide bonds. The molecule has 2 saturated carbocycles. The van der Waals surface area contributed by atoms with Crippen molar-refractivity contribution in [3.8, 4) is 0 Å². The molecule has 0 radical (unpaired) electrons. The Morgan fingerprint density at radius 2 is 1.67 bits per heavy atom. The molecule has 3 aliphatic rings. The summed E-state index contributed by atoms with van der Waals surface area (Å²) < 4.78 is 0. The second-order valence-corrected chi connectivity index (χ2v) is 13.8. The minimum Gasteiger partial charge on any atom is -0.300 e. The first-order chi connectivity index (χ1) is 21.1. The van der Waals surface area contributed by atoms with Crippen LogP contribution in [0, 0.1) is 11.8 Å². The molecule has 4 nitrogen and oxygen atoms in total. The molecule has 43 heavy (non-hydrogen) atoms. The fourth-order valence-corrected chi connectivity index (χ4v) is 7.91. The van der Waals surface area contributed by atoms with Gasteiger partial charge in [0.2, 0.25) is 0 Å². The van der Waals surface area contributed by atoms with Crippen molar-refractivity contribution in [2.24, 2.45) is 11.8 Å². The van der Waals surface area contributed by atoms with Crippen molar-refractivity contribution < 1.29 is 9.59 Å². The molecule has 1 unspecified atom stereocenters. The van der Waals surface area contributed by atoms with Gasteiger partial charge in [0.05, 0.1) is 11.4 Å². The molecule has 1 atom stereocenters. The summed E-state index contributed by atoms with van der Waals surface area (Å²) in [5.41, 5.74) is 6.52. The number of nitrogens with zero attached hydrogens (tertiary/aromatic N) is 2. The van der Waals surface area contributed by atoms with Gasteiger partial charge in [-0.3, -0.25) is 9.59 Å². The number of ketones is 2. The largest absolute Gasteiger partial charge is 0.300 e. The van der Waals surface area contributed by atoms with E-state index >= 15 is 0 Å². The van der Waals surface area contributed by atoms with Gasteiger partial charge in [-0.2, -0.15) is 0 Å². The molecule has 4 heteroatoms. The van der Waals surface area contributed by atoms with Gasteiger partial charge >= 0.3 is 0 Å². The van der Waals surface area contributed by atoms with Gasteiger partial charge in [0, 0.05) is 31.2 Å². The molecule has 2 fully saturated rings. The molecular formula is C39H54N2O2. The summed E-state index contributed by atoms with van der Waals surface area (Å²) >= 11 is 0. The van der Waals surface area contributed by atoms with Crippen LogP contribution in [0.4, 0.5) is 0 Å². The van der Waals surface area contributed by atoms with Crippen molar-refractivity contribution in [3.05, 3.63) is 64.7 Å². The molecule has 3 aliphatic carbocycles. The van der Waals surface area contributed by atoms with Gasteiger partial charge in [-0.25, -0.2) is 9.97 Å². The van der Waals surface area contributed by atoms with Gasteiger partial charge in [0.25, 0.3) is 0 Å². The molecule has 0 spiro atoms. The van der Waals surface area contributed by atoms with Gasteiger partial charge in [0.15, 0.2) is 0 Å². The summed E-state index contributed by atoms with van der Waals surface area (Å²) in [5.74, 6) is 2.81. The Morgan fingerprint density at radius 1 is 0.837 bits per heavy atom. The molecule has 5 rings (SSSR count). The lowest BCUT2D eigenvalue weighted by molar-refractivity contribution is -0.120. The van der Waals surface area contributed by atoms with Crippen LogP contribution >= 0.6 is 0 Å². The maximum Gasteiger partial charge on any atom is 0.133 e. The quantitative estimate of drug-likeness (QED) is 0.185. The van der Waals surface area contributed by atoms with Crippen LogP contribution in [-0.2, 0) is 28.9 Å². The highest BCUT2D eigenvalue weighted by atomic mass is 16.1. The first-order valence-corrected chi connectivity index (χ1v) is 17.8. The lowest BCUT2D eigenvalue weighted by atomic mass is 9.81. The normalized spacial score (nSPS) is 23.1. The van der Waals surface area contributed by atoms with Crippen LogP contribution in [0.1, 0.15) is 156 Å². The summed E-state index contributed by atoms with van der Waals surface area (Å²) in [7, 11) is 0. The molecule has 2 aromatic rings. The summed E-state index contributed by atoms with van der Waals surface area (Å²) in [6.45, 7) is 0. The summed E-state index contributed by atoms with van der Waals surface area (Å²) in [4.78, 5) is 34.0. The third kappa shape index (κ3) is 10.2. The Labute approximate surface area is 260 Å². The number of hydrogen-bond acceptors (Lipinski definition) is 4. The molecule has 0 aliphatic heterocycles. The number of rotatable bonds is 12. The van der Waals surface area contributed by atoms with E-state index in [0.29, 0.717) is 23.9 Å². The number of aromatic nitrogens is 2. The van der Waals surface area contributed by atoms with Gasteiger partial charge in [-0.15, -0.1) is 0 Å². The number of unbranched alkanes of at least 4 members (excludes halogenated alkanes) is 1. The van der Waals surface area contributed by atoms with Gasteiger partial charge in [-0.05, 0) is 93.1 Å². The lowest BCUT2D eigenvalue weighted by Gasteiger charge is -2.25. The smallest absolute Gasteiger partial charge is 0.133 e. The molecule has 1 heterocycles. The second kappa shape index (κ2) is 17.0. The third-order valence-corrected chi connectivity index (χ3v) is 10.4. The molecule has 0 bridgehead atoms. The highest BCUT2D eigenvalue weighted by Gasteiger charge is 2.21. The Kier molecular flexibility index (Phi) is 12.6. The first kappa shape index (κ1) is 31.8. The molecule has 1 aromatic carbocycles. The van der Waals surface area contributed by atoms with Crippen LogP contribution in [0.25, 0.3) is 6.08 Å². The van der Waals surface area contributed by atoms with E-state index in [1.54, 1.807) is 6.33 Å². The number of carbonyl (C=O) groups excluding carboxylic acids is 2. The summed E-state index contributed by atoms with van der Waals surface area (Å²) in [5, 5.41) is 0. The number of allylic oxidation sites excluding steroid dienone is 1. The first-order valence-electron chi connectivity index (χ1n) is 17.8. The number of fused-ring (bicyclic) bond motifs is 1. The molecule has 1 aromatic heterocycles. The number of Topliss-reactive ketones (excluding diaryl/α,β-unsaturated/α-hetero) is 2. The molecule has 0 N–H and O–H groups in total. The van der Waals surface area contributed by atoms with E-state index in [4.69, 9.17) is 4.98 Å². The number of aryl methyl sites for hydroxylation is 2. The van der Waals surface area contributed by atoms with Crippen LogP contribution in [0.5, 0.6) is 0 Å². The number of carbonyl (C=O) groups is 2. The van der Waals surface area contributed by atoms with Crippen molar-refractivity contribution >= 4 is 17.6 Å². The Bertz CT molecular complexity index is 1210. The van der Waals surface area contributed by atoms with E-state index in [1.807, 2.05) is 0 Å². The van der Waals surface area contributed by atoms with Gasteiger partial charge < -0.3 is 0 Å². The van der Waals surface area contributed by atoms with Gasteiger partial charge in [-0.1, -0.05) is 87.8 Å². The fourth-order valence-electron chi connectivity index (χ4n) is 7.91. The predicted molar refractivity (Wildman–Crippen MR) is 176 cm³/mol. The van der Waals surface area contributed by atoms with E-state index in [1.165, 1.54) is 79.4 Å². The minimum absolute atomic E-state index is 0.396. The van der Waals surface area contributed by atoms with Crippen molar-refractivity contribution in [1.29, 1.82) is 0 Å². The van der Waals surface area contributed by atoms with Crippen molar-refractivity contribution in [2.75, 3.05) is 0 Å². The van der Waals surface area contributed by atoms with Gasteiger partial charge in [0.1, 0.15) is 17.9 Å². The molecule has 232 valence electrons. The van der Waals surface area contributed by atoms with E-state index in [2.05, 4.69) is 41.4 Å². The van der Waals surface area contributed by atoms with Crippen LogP contribution in [0.2, 0.25) is 0 Å². The Balaban J connectivity index is 0.953. The van der Waals surface area contributed by atoms with E-state index in [0.717, 1.165) is 95.3 Å². The van der Waals surface area contributed by atoms with E-state index in [-0.39, 0.29) is 0 Å².